The minimum absolute atomic E-state index is 0.0711. The van der Waals surface area contributed by atoms with Gasteiger partial charge in [-0.3, -0.25) is 4.79 Å². The van der Waals surface area contributed by atoms with Crippen molar-refractivity contribution < 1.29 is 35.6 Å². The minimum atomic E-state index is -4.48. The third-order valence-electron chi connectivity index (χ3n) is 4.89. The summed E-state index contributed by atoms with van der Waals surface area (Å²) in [5, 5.41) is 9.68. The number of thioether (sulfide) groups is 1. The van der Waals surface area contributed by atoms with E-state index in [1.165, 1.54) is 42.6 Å². The first kappa shape index (κ1) is 24.6. The number of furan rings is 1. The van der Waals surface area contributed by atoms with E-state index in [9.17, 15) is 31.1 Å². The minimum Gasteiger partial charge on any atom is -0.455 e. The second-order valence-electron chi connectivity index (χ2n) is 7.43. The number of amides is 1. The standard InChI is InChI=1S/C23H15F6N3O2S/c24-22(25,26)15-5-1-3-13(9-15)10-19-20(33)31-21(35-19)32-30-12-17-7-8-18(34-17)14-4-2-6-16(11-14)23(27,28)29/h1-9,11-12,19H,10H2,(H,31,32,33)/b30-12-/t19-/m1/s1. The molecule has 1 saturated heterocycles. The first-order valence-electron chi connectivity index (χ1n) is 10.0. The Balaban J connectivity index is 1.40. The smallest absolute Gasteiger partial charge is 0.416 e. The van der Waals surface area contributed by atoms with Crippen molar-refractivity contribution >= 4 is 29.1 Å². The van der Waals surface area contributed by atoms with Crippen LogP contribution in [0, 0.1) is 0 Å². The first-order valence-corrected chi connectivity index (χ1v) is 10.9. The largest absolute Gasteiger partial charge is 0.455 e. The highest BCUT2D eigenvalue weighted by atomic mass is 32.2. The molecule has 4 rings (SSSR count). The maximum atomic E-state index is 12.9. The maximum absolute atomic E-state index is 12.9. The van der Waals surface area contributed by atoms with Gasteiger partial charge in [0.2, 0.25) is 5.91 Å². The summed E-state index contributed by atoms with van der Waals surface area (Å²) in [6, 6.07) is 12.4. The van der Waals surface area contributed by atoms with Crippen LogP contribution < -0.4 is 5.32 Å². The molecule has 12 heteroatoms. The molecule has 1 aromatic heterocycles. The highest BCUT2D eigenvalue weighted by Gasteiger charge is 2.33. The molecule has 0 aliphatic carbocycles. The Morgan fingerprint density at radius 3 is 2.34 bits per heavy atom. The number of halogens is 6. The van der Waals surface area contributed by atoms with E-state index in [1.54, 1.807) is 0 Å². The number of nitrogens with zero attached hydrogens (tertiary/aromatic N) is 2. The Hall–Kier alpha value is -3.54. The maximum Gasteiger partial charge on any atom is 0.416 e. The van der Waals surface area contributed by atoms with Gasteiger partial charge in [0, 0.05) is 5.56 Å². The van der Waals surface area contributed by atoms with Crippen molar-refractivity contribution in [2.75, 3.05) is 0 Å². The average molecular weight is 511 g/mol. The van der Waals surface area contributed by atoms with Gasteiger partial charge < -0.3 is 9.73 Å². The number of amidine groups is 1. The molecule has 5 nitrogen and oxygen atoms in total. The molecule has 1 fully saturated rings. The lowest BCUT2D eigenvalue weighted by molar-refractivity contribution is -0.138. The van der Waals surface area contributed by atoms with Gasteiger partial charge in [-0.25, -0.2) is 0 Å². The van der Waals surface area contributed by atoms with Gasteiger partial charge in [0.15, 0.2) is 5.17 Å². The zero-order valence-electron chi connectivity index (χ0n) is 17.5. The fourth-order valence-corrected chi connectivity index (χ4v) is 4.20. The van der Waals surface area contributed by atoms with E-state index in [1.807, 2.05) is 0 Å². The zero-order chi connectivity index (χ0) is 25.2. The molecule has 0 spiro atoms. The number of carbonyl (C=O) groups is 1. The van der Waals surface area contributed by atoms with Gasteiger partial charge in [0.25, 0.3) is 0 Å². The molecule has 0 saturated carbocycles. The Bertz CT molecular complexity index is 1300. The van der Waals surface area contributed by atoms with Gasteiger partial charge in [0.1, 0.15) is 11.5 Å². The lowest BCUT2D eigenvalue weighted by Crippen LogP contribution is -2.26. The molecule has 1 aliphatic rings. The molecule has 0 bridgehead atoms. The first-order chi connectivity index (χ1) is 16.5. The van der Waals surface area contributed by atoms with Gasteiger partial charge in [-0.05, 0) is 42.3 Å². The predicted octanol–water partition coefficient (Wildman–Crippen LogP) is 6.15. The van der Waals surface area contributed by atoms with E-state index in [0.717, 1.165) is 36.0 Å². The monoisotopic (exact) mass is 511 g/mol. The Kier molecular flexibility index (Phi) is 6.75. The Labute approximate surface area is 198 Å². The van der Waals surface area contributed by atoms with E-state index in [0.29, 0.717) is 5.56 Å². The van der Waals surface area contributed by atoms with E-state index in [4.69, 9.17) is 4.42 Å². The molecule has 1 atom stereocenters. The molecule has 1 N–H and O–H groups in total. The summed E-state index contributed by atoms with van der Waals surface area (Å²) >= 11 is 1.03. The molecule has 1 amide bonds. The van der Waals surface area contributed by atoms with Gasteiger partial charge in [0.05, 0.1) is 22.6 Å². The fourth-order valence-electron chi connectivity index (χ4n) is 3.24. The lowest BCUT2D eigenvalue weighted by atomic mass is 10.1. The summed E-state index contributed by atoms with van der Waals surface area (Å²) in [4.78, 5) is 12.2. The summed E-state index contributed by atoms with van der Waals surface area (Å²) in [5.74, 6) is 0.0118. The fraction of sp³-hybridized carbons (Fsp3) is 0.174. The van der Waals surface area contributed by atoms with Crippen molar-refractivity contribution in [2.45, 2.75) is 24.0 Å². The molecule has 182 valence electrons. The Morgan fingerprint density at radius 2 is 1.63 bits per heavy atom. The van der Waals surface area contributed by atoms with E-state index in [-0.39, 0.29) is 28.7 Å². The van der Waals surface area contributed by atoms with Crippen molar-refractivity contribution in [3.63, 3.8) is 0 Å². The van der Waals surface area contributed by atoms with Crippen LogP contribution >= 0.6 is 11.8 Å². The van der Waals surface area contributed by atoms with Crippen LogP contribution in [0.3, 0.4) is 0 Å². The number of nitrogens with one attached hydrogen (secondary N) is 1. The molecular formula is C23H15F6N3O2S. The number of rotatable bonds is 5. The number of alkyl halides is 6. The van der Waals surface area contributed by atoms with Gasteiger partial charge in [-0.1, -0.05) is 42.1 Å². The number of carbonyl (C=O) groups excluding carboxylic acids is 1. The summed E-state index contributed by atoms with van der Waals surface area (Å²) in [5.41, 5.74) is -1.00. The van der Waals surface area contributed by atoms with Gasteiger partial charge >= 0.3 is 12.4 Å². The topological polar surface area (TPSA) is 67.0 Å². The number of benzene rings is 2. The molecule has 35 heavy (non-hydrogen) atoms. The van der Waals surface area contributed by atoms with E-state index in [2.05, 4.69) is 15.5 Å². The van der Waals surface area contributed by atoms with Crippen LogP contribution in [0.4, 0.5) is 26.3 Å². The van der Waals surface area contributed by atoms with Gasteiger partial charge in [-0.15, -0.1) is 5.10 Å². The average Bonchev–Trinajstić information content (AvgIpc) is 3.40. The summed E-state index contributed by atoms with van der Waals surface area (Å²) < 4.78 is 82.9. The molecule has 1 aliphatic heterocycles. The van der Waals surface area contributed by atoms with Crippen LogP contribution in [0.2, 0.25) is 0 Å². The zero-order valence-corrected chi connectivity index (χ0v) is 18.3. The molecule has 2 heterocycles. The molecular weight excluding hydrogens is 496 g/mol. The highest BCUT2D eigenvalue weighted by molar-refractivity contribution is 8.15. The second-order valence-corrected chi connectivity index (χ2v) is 8.62. The second kappa shape index (κ2) is 9.61. The van der Waals surface area contributed by atoms with Crippen molar-refractivity contribution in [3.8, 4) is 11.3 Å². The van der Waals surface area contributed by atoms with Crippen molar-refractivity contribution in [2.24, 2.45) is 10.2 Å². The normalized spacial score (nSPS) is 17.9. The van der Waals surface area contributed by atoms with Crippen LogP contribution in [-0.2, 0) is 23.6 Å². The van der Waals surface area contributed by atoms with Crippen molar-refractivity contribution in [1.82, 2.24) is 5.32 Å². The highest BCUT2D eigenvalue weighted by Crippen LogP contribution is 2.33. The van der Waals surface area contributed by atoms with Crippen LogP contribution in [0.5, 0.6) is 0 Å². The predicted molar refractivity (Wildman–Crippen MR) is 119 cm³/mol. The number of hydrogen-bond donors (Lipinski definition) is 1. The quantitative estimate of drug-likeness (QED) is 0.254. The Morgan fingerprint density at radius 1 is 0.943 bits per heavy atom. The molecule has 3 aromatic rings. The lowest BCUT2D eigenvalue weighted by Gasteiger charge is -2.10. The summed E-state index contributed by atoms with van der Waals surface area (Å²) in [6.45, 7) is 0. The van der Waals surface area contributed by atoms with Crippen molar-refractivity contribution in [1.29, 1.82) is 0 Å². The third-order valence-corrected chi connectivity index (χ3v) is 5.96. The molecule has 0 radical (unpaired) electrons. The van der Waals surface area contributed by atoms with Crippen LogP contribution in [0.1, 0.15) is 22.5 Å². The summed E-state index contributed by atoms with van der Waals surface area (Å²) in [6.07, 6.45) is -7.67. The van der Waals surface area contributed by atoms with Crippen LogP contribution in [-0.4, -0.2) is 22.5 Å². The SMILES string of the molecule is O=C1N/C(=N\N=C/c2ccc(-c3cccc(C(F)(F)F)c3)o2)S[C@@H]1Cc1cccc(C(F)(F)F)c1. The van der Waals surface area contributed by atoms with Crippen LogP contribution in [0.15, 0.2) is 75.3 Å². The molecule has 0 unspecified atom stereocenters. The van der Waals surface area contributed by atoms with Crippen LogP contribution in [0.25, 0.3) is 11.3 Å². The van der Waals surface area contributed by atoms with Gasteiger partial charge in [-0.2, -0.15) is 31.4 Å². The summed E-state index contributed by atoms with van der Waals surface area (Å²) in [7, 11) is 0. The third kappa shape index (κ3) is 6.13. The van der Waals surface area contributed by atoms with E-state index < -0.39 is 34.6 Å². The van der Waals surface area contributed by atoms with E-state index >= 15 is 0 Å². The molecule has 2 aromatic carbocycles. The van der Waals surface area contributed by atoms with Crippen molar-refractivity contribution in [3.05, 3.63) is 83.1 Å². The number of hydrogen-bond acceptors (Lipinski definition) is 5.